The summed E-state index contributed by atoms with van der Waals surface area (Å²) in [5, 5.41) is 0. The number of benzene rings is 2. The first kappa shape index (κ1) is 15.3. The van der Waals surface area contributed by atoms with Crippen LogP contribution in [0.1, 0.15) is 49.9 Å². The summed E-state index contributed by atoms with van der Waals surface area (Å²) < 4.78 is 0. The van der Waals surface area contributed by atoms with Crippen molar-refractivity contribution in [3.8, 4) is 11.1 Å². The van der Waals surface area contributed by atoms with Crippen molar-refractivity contribution in [3.63, 3.8) is 0 Å². The fourth-order valence-electron chi connectivity index (χ4n) is 3.34. The van der Waals surface area contributed by atoms with Gasteiger partial charge < -0.3 is 0 Å². The quantitative estimate of drug-likeness (QED) is 0.609. The van der Waals surface area contributed by atoms with Gasteiger partial charge in [-0.3, -0.25) is 0 Å². The van der Waals surface area contributed by atoms with Crippen LogP contribution in [0.15, 0.2) is 48.0 Å². The van der Waals surface area contributed by atoms with E-state index in [4.69, 9.17) is 0 Å². The van der Waals surface area contributed by atoms with Crippen molar-refractivity contribution < 1.29 is 0 Å². The standard InChI is InChI=1S/C21H24Si/c1-14-13-19-17(7-6-8-18(19)20(14)22-5)15-9-11-16(12-10-15)21(2,3)4/h6-13,20H,1-5H3. The monoisotopic (exact) mass is 304 g/mol. The number of fused-ring (bicyclic) bond motifs is 1. The van der Waals surface area contributed by atoms with E-state index in [0.717, 1.165) is 9.52 Å². The molecule has 22 heavy (non-hydrogen) atoms. The van der Waals surface area contributed by atoms with Crippen LogP contribution in [0.3, 0.4) is 0 Å². The Bertz CT molecular complexity index is 715. The van der Waals surface area contributed by atoms with E-state index in [0.29, 0.717) is 5.54 Å². The molecular weight excluding hydrogens is 280 g/mol. The van der Waals surface area contributed by atoms with E-state index in [-0.39, 0.29) is 5.41 Å². The molecule has 1 atom stereocenters. The first-order valence-electron chi connectivity index (χ1n) is 8.01. The van der Waals surface area contributed by atoms with Crippen LogP contribution in [-0.2, 0) is 5.41 Å². The molecule has 0 aromatic heterocycles. The van der Waals surface area contributed by atoms with Gasteiger partial charge in [-0.1, -0.05) is 81.4 Å². The van der Waals surface area contributed by atoms with Crippen molar-refractivity contribution >= 4 is 15.6 Å². The summed E-state index contributed by atoms with van der Waals surface area (Å²) in [4.78, 5) is 0. The van der Waals surface area contributed by atoms with Crippen LogP contribution < -0.4 is 0 Å². The molecule has 0 nitrogen and oxygen atoms in total. The zero-order valence-electron chi connectivity index (χ0n) is 14.2. The maximum atomic E-state index is 2.39. The SMILES string of the molecule is C[Si]C1C(C)=Cc2c(-c3ccc(C(C)(C)C)cc3)cccc21. The smallest absolute Gasteiger partial charge is 0.0496 e. The molecule has 2 aromatic carbocycles. The fourth-order valence-corrected chi connectivity index (χ4v) is 4.44. The number of rotatable bonds is 2. The zero-order chi connectivity index (χ0) is 15.9. The summed E-state index contributed by atoms with van der Waals surface area (Å²) in [5.41, 5.74) is 9.38. The Morgan fingerprint density at radius 3 is 2.23 bits per heavy atom. The lowest BCUT2D eigenvalue weighted by molar-refractivity contribution is 0.590. The van der Waals surface area contributed by atoms with Gasteiger partial charge in [-0.25, -0.2) is 0 Å². The predicted molar refractivity (Wildman–Crippen MR) is 98.6 cm³/mol. The molecule has 1 aliphatic rings. The fraction of sp³-hybridized carbons (Fsp3) is 0.333. The molecule has 0 bridgehead atoms. The van der Waals surface area contributed by atoms with Crippen molar-refractivity contribution in [3.05, 3.63) is 64.7 Å². The van der Waals surface area contributed by atoms with Crippen LogP contribution in [0.4, 0.5) is 0 Å². The molecule has 0 fully saturated rings. The van der Waals surface area contributed by atoms with Crippen molar-refractivity contribution in [2.75, 3.05) is 0 Å². The minimum absolute atomic E-state index is 0.210. The van der Waals surface area contributed by atoms with Crippen LogP contribution in [-0.4, -0.2) is 9.52 Å². The third-order valence-electron chi connectivity index (χ3n) is 4.63. The van der Waals surface area contributed by atoms with Crippen molar-refractivity contribution in [1.82, 2.24) is 0 Å². The molecule has 0 saturated carbocycles. The van der Waals surface area contributed by atoms with Gasteiger partial charge in [0.05, 0.1) is 0 Å². The van der Waals surface area contributed by atoms with Crippen LogP contribution in [0.2, 0.25) is 6.55 Å². The highest BCUT2D eigenvalue weighted by atomic mass is 28.2. The Balaban J connectivity index is 2.06. The Morgan fingerprint density at radius 1 is 0.955 bits per heavy atom. The summed E-state index contributed by atoms with van der Waals surface area (Å²) >= 11 is 0. The number of hydrogen-bond donors (Lipinski definition) is 0. The minimum Gasteiger partial charge on any atom is -0.0724 e. The molecule has 1 aliphatic carbocycles. The average molecular weight is 305 g/mol. The van der Waals surface area contributed by atoms with Crippen LogP contribution >= 0.6 is 0 Å². The van der Waals surface area contributed by atoms with Gasteiger partial charge in [0.15, 0.2) is 0 Å². The van der Waals surface area contributed by atoms with Gasteiger partial charge in [-0.15, -0.1) is 0 Å². The molecular formula is C21H24Si. The second-order valence-corrected chi connectivity index (χ2v) is 8.40. The van der Waals surface area contributed by atoms with Crippen molar-refractivity contribution in [2.24, 2.45) is 0 Å². The summed E-state index contributed by atoms with van der Waals surface area (Å²) in [6.07, 6.45) is 2.39. The van der Waals surface area contributed by atoms with Gasteiger partial charge in [0.2, 0.25) is 0 Å². The van der Waals surface area contributed by atoms with E-state index < -0.39 is 0 Å². The van der Waals surface area contributed by atoms with Gasteiger partial charge in [-0.05, 0) is 45.7 Å². The van der Waals surface area contributed by atoms with Gasteiger partial charge in [0, 0.05) is 9.52 Å². The number of hydrogen-bond acceptors (Lipinski definition) is 0. The summed E-state index contributed by atoms with van der Waals surface area (Å²) in [6, 6.07) is 15.9. The maximum absolute atomic E-state index is 2.39. The van der Waals surface area contributed by atoms with Crippen LogP contribution in [0.25, 0.3) is 17.2 Å². The molecule has 0 saturated heterocycles. The lowest BCUT2D eigenvalue weighted by atomic mass is 9.86. The highest BCUT2D eigenvalue weighted by Crippen LogP contribution is 2.40. The normalized spacial score (nSPS) is 17.3. The number of allylic oxidation sites excluding steroid dienone is 1. The van der Waals surface area contributed by atoms with E-state index in [2.05, 4.69) is 82.8 Å². The largest absolute Gasteiger partial charge is 0.0724 e. The third kappa shape index (κ3) is 2.59. The molecule has 0 aliphatic heterocycles. The minimum atomic E-state index is 0.210. The van der Waals surface area contributed by atoms with E-state index in [9.17, 15) is 0 Å². The molecule has 1 unspecified atom stereocenters. The lowest BCUT2D eigenvalue weighted by Crippen LogP contribution is -2.10. The second-order valence-electron chi connectivity index (χ2n) is 7.25. The van der Waals surface area contributed by atoms with E-state index >= 15 is 0 Å². The zero-order valence-corrected chi connectivity index (χ0v) is 15.2. The lowest BCUT2D eigenvalue weighted by Gasteiger charge is -2.19. The highest BCUT2D eigenvalue weighted by Gasteiger charge is 2.23. The topological polar surface area (TPSA) is 0 Å². The van der Waals surface area contributed by atoms with Gasteiger partial charge in [0.1, 0.15) is 0 Å². The average Bonchev–Trinajstić information content (AvgIpc) is 2.81. The van der Waals surface area contributed by atoms with E-state index in [1.165, 1.54) is 33.4 Å². The first-order valence-corrected chi connectivity index (χ1v) is 9.59. The molecule has 0 heterocycles. The van der Waals surface area contributed by atoms with Gasteiger partial charge in [0.25, 0.3) is 0 Å². The third-order valence-corrected chi connectivity index (χ3v) is 5.97. The van der Waals surface area contributed by atoms with E-state index in [1.807, 2.05) is 0 Å². The molecule has 0 spiro atoms. The molecule has 0 N–H and O–H groups in total. The molecule has 2 aromatic rings. The summed E-state index contributed by atoms with van der Waals surface area (Å²) in [5.74, 6) is 0. The maximum Gasteiger partial charge on any atom is 0.0496 e. The van der Waals surface area contributed by atoms with Crippen LogP contribution in [0, 0.1) is 0 Å². The Labute approximate surface area is 137 Å². The Morgan fingerprint density at radius 2 is 1.64 bits per heavy atom. The van der Waals surface area contributed by atoms with Crippen molar-refractivity contribution in [1.29, 1.82) is 0 Å². The predicted octanol–water partition coefficient (Wildman–Crippen LogP) is 5.86. The Hall–Kier alpha value is -1.60. The second kappa shape index (κ2) is 5.55. The molecule has 1 heteroatoms. The Kier molecular flexibility index (Phi) is 3.86. The molecule has 3 rings (SSSR count). The summed E-state index contributed by atoms with van der Waals surface area (Å²) in [6.45, 7) is 11.4. The molecule has 112 valence electrons. The molecule has 2 radical (unpaired) electrons. The first-order chi connectivity index (χ1) is 10.4. The van der Waals surface area contributed by atoms with Gasteiger partial charge in [-0.2, -0.15) is 0 Å². The molecule has 0 amide bonds. The van der Waals surface area contributed by atoms with Crippen molar-refractivity contribution in [2.45, 2.75) is 45.2 Å². The highest BCUT2D eigenvalue weighted by molar-refractivity contribution is 6.38. The van der Waals surface area contributed by atoms with Gasteiger partial charge >= 0.3 is 0 Å². The summed E-state index contributed by atoms with van der Waals surface area (Å²) in [7, 11) is 0.935. The van der Waals surface area contributed by atoms with E-state index in [1.54, 1.807) is 0 Å². The van der Waals surface area contributed by atoms with Crippen LogP contribution in [0.5, 0.6) is 0 Å².